The monoisotopic (exact) mass is 405 g/mol. The Morgan fingerprint density at radius 1 is 1.24 bits per heavy atom. The Hall–Kier alpha value is -2.90. The Morgan fingerprint density at radius 2 is 1.97 bits per heavy atom. The molecule has 1 heterocycles. The largest absolute Gasteiger partial charge is 0.416 e. The van der Waals surface area contributed by atoms with Crippen LogP contribution in [-0.2, 0) is 11.0 Å². The molecule has 154 valence electrons. The Bertz CT molecular complexity index is 896. The van der Waals surface area contributed by atoms with Crippen LogP contribution in [0.15, 0.2) is 42.6 Å². The van der Waals surface area contributed by atoms with Crippen LogP contribution in [-0.4, -0.2) is 28.7 Å². The number of rotatable bonds is 6. The third-order valence-electron chi connectivity index (χ3n) is 4.91. The molecular formula is C21H22F3N3O2. The average molecular weight is 405 g/mol. The third-order valence-corrected chi connectivity index (χ3v) is 4.91. The smallest absolute Gasteiger partial charge is 0.333 e. The Kier molecular flexibility index (Phi) is 5.91. The van der Waals surface area contributed by atoms with Crippen molar-refractivity contribution < 1.29 is 22.8 Å². The minimum atomic E-state index is -4.64. The Balaban J connectivity index is 1.96. The van der Waals surface area contributed by atoms with Crippen LogP contribution in [0.25, 0.3) is 0 Å². The zero-order valence-electron chi connectivity index (χ0n) is 16.2. The van der Waals surface area contributed by atoms with Crippen LogP contribution in [0.2, 0.25) is 0 Å². The highest BCUT2D eigenvalue weighted by molar-refractivity contribution is 5.97. The van der Waals surface area contributed by atoms with Crippen LogP contribution < -0.4 is 5.32 Å². The van der Waals surface area contributed by atoms with E-state index in [1.807, 2.05) is 12.1 Å². The molecule has 0 aliphatic heterocycles. The molecular weight excluding hydrogens is 383 g/mol. The van der Waals surface area contributed by atoms with Gasteiger partial charge in [0.2, 0.25) is 5.91 Å². The van der Waals surface area contributed by atoms with E-state index >= 15 is 0 Å². The molecule has 1 aromatic carbocycles. The molecule has 1 fully saturated rings. The quantitative estimate of drug-likeness (QED) is 0.760. The summed E-state index contributed by atoms with van der Waals surface area (Å²) in [6, 6.07) is 8.02. The fourth-order valence-electron chi connectivity index (χ4n) is 3.29. The lowest BCUT2D eigenvalue weighted by atomic mass is 10.0. The van der Waals surface area contributed by atoms with E-state index in [1.165, 1.54) is 11.0 Å². The number of nitrogens with zero attached hydrogens (tertiary/aromatic N) is 2. The summed E-state index contributed by atoms with van der Waals surface area (Å²) in [5, 5.41) is 2.41. The fraction of sp³-hybridized carbons (Fsp3) is 0.381. The second-order valence-corrected chi connectivity index (χ2v) is 7.15. The fourth-order valence-corrected chi connectivity index (χ4v) is 3.29. The first-order chi connectivity index (χ1) is 13.7. The van der Waals surface area contributed by atoms with E-state index < -0.39 is 23.6 Å². The summed E-state index contributed by atoms with van der Waals surface area (Å²) in [5.74, 6) is -0.755. The predicted octanol–water partition coefficient (Wildman–Crippen LogP) is 4.67. The van der Waals surface area contributed by atoms with Crippen LogP contribution in [0.5, 0.6) is 0 Å². The summed E-state index contributed by atoms with van der Waals surface area (Å²) in [6.45, 7) is 1.59. The Labute approximate surface area is 166 Å². The molecule has 8 heteroatoms. The molecule has 1 aromatic heterocycles. The molecule has 0 bridgehead atoms. The topological polar surface area (TPSA) is 62.3 Å². The van der Waals surface area contributed by atoms with Gasteiger partial charge in [0, 0.05) is 30.9 Å². The van der Waals surface area contributed by atoms with Crippen molar-refractivity contribution >= 4 is 17.5 Å². The van der Waals surface area contributed by atoms with Gasteiger partial charge in [-0.3, -0.25) is 14.6 Å². The molecule has 1 aliphatic carbocycles. The first kappa shape index (κ1) is 20.8. The second-order valence-electron chi connectivity index (χ2n) is 7.15. The van der Waals surface area contributed by atoms with Gasteiger partial charge in [0.15, 0.2) is 0 Å². The highest BCUT2D eigenvalue weighted by atomic mass is 19.4. The zero-order valence-corrected chi connectivity index (χ0v) is 16.2. The lowest BCUT2D eigenvalue weighted by Crippen LogP contribution is -2.33. The van der Waals surface area contributed by atoms with Gasteiger partial charge in [-0.1, -0.05) is 13.0 Å². The number of hydrogen-bond acceptors (Lipinski definition) is 3. The van der Waals surface area contributed by atoms with Crippen molar-refractivity contribution in [2.45, 2.75) is 38.4 Å². The first-order valence-corrected chi connectivity index (χ1v) is 9.41. The van der Waals surface area contributed by atoms with Gasteiger partial charge < -0.3 is 10.2 Å². The highest BCUT2D eigenvalue weighted by Gasteiger charge is 2.39. The van der Waals surface area contributed by atoms with Crippen LogP contribution in [0.3, 0.4) is 0 Å². The van der Waals surface area contributed by atoms with E-state index in [9.17, 15) is 22.8 Å². The normalized spacial score (nSPS) is 14.9. The van der Waals surface area contributed by atoms with E-state index in [4.69, 9.17) is 0 Å². The molecule has 0 radical (unpaired) electrons. The van der Waals surface area contributed by atoms with E-state index in [0.29, 0.717) is 5.69 Å². The van der Waals surface area contributed by atoms with Gasteiger partial charge in [-0.25, -0.2) is 0 Å². The number of alkyl halides is 3. The van der Waals surface area contributed by atoms with E-state index in [2.05, 4.69) is 10.3 Å². The average Bonchev–Trinajstić information content (AvgIpc) is 3.52. The number of hydrogen-bond donors (Lipinski definition) is 1. The summed E-state index contributed by atoms with van der Waals surface area (Å²) in [4.78, 5) is 30.5. The van der Waals surface area contributed by atoms with E-state index in [1.54, 1.807) is 26.2 Å². The van der Waals surface area contributed by atoms with Gasteiger partial charge in [-0.05, 0) is 49.1 Å². The van der Waals surface area contributed by atoms with Gasteiger partial charge in [0.25, 0.3) is 5.91 Å². The number of pyridine rings is 1. The lowest BCUT2D eigenvalue weighted by molar-refractivity contribution is -0.137. The second kappa shape index (κ2) is 8.23. The molecule has 0 saturated heterocycles. The van der Waals surface area contributed by atoms with Crippen molar-refractivity contribution in [1.82, 2.24) is 9.88 Å². The SMILES string of the molecule is CCC(=O)Nc1cc(C(=O)N(C)C(c2ccccn2)C2CC2)cc(C(F)(F)F)c1. The standard InChI is InChI=1S/C21H22F3N3O2/c1-3-18(28)26-16-11-14(10-15(12-16)21(22,23)24)20(29)27(2)19(13-7-8-13)17-6-4-5-9-25-17/h4-6,9-13,19H,3,7-8H2,1-2H3,(H,26,28). The first-order valence-electron chi connectivity index (χ1n) is 9.41. The maximum Gasteiger partial charge on any atom is 0.416 e. The van der Waals surface area contributed by atoms with Gasteiger partial charge >= 0.3 is 6.18 Å². The lowest BCUT2D eigenvalue weighted by Gasteiger charge is -2.28. The molecule has 1 atom stereocenters. The molecule has 29 heavy (non-hydrogen) atoms. The number of nitrogens with one attached hydrogen (secondary N) is 1. The third kappa shape index (κ3) is 4.93. The minimum Gasteiger partial charge on any atom is -0.333 e. The van der Waals surface area contributed by atoms with Crippen LogP contribution in [0.1, 0.15) is 53.8 Å². The molecule has 1 saturated carbocycles. The van der Waals surface area contributed by atoms with Crippen molar-refractivity contribution in [1.29, 1.82) is 0 Å². The van der Waals surface area contributed by atoms with Crippen molar-refractivity contribution in [2.24, 2.45) is 5.92 Å². The van der Waals surface area contributed by atoms with E-state index in [-0.39, 0.29) is 29.6 Å². The summed E-state index contributed by atoms with van der Waals surface area (Å²) in [6.07, 6.45) is -1.04. The van der Waals surface area contributed by atoms with Crippen molar-refractivity contribution in [3.05, 3.63) is 59.4 Å². The molecule has 1 unspecified atom stereocenters. The number of carbonyl (C=O) groups excluding carboxylic acids is 2. The van der Waals surface area contributed by atoms with Gasteiger partial charge in [0.05, 0.1) is 17.3 Å². The predicted molar refractivity (Wildman–Crippen MR) is 102 cm³/mol. The number of halogens is 3. The zero-order chi connectivity index (χ0) is 21.2. The summed E-state index contributed by atoms with van der Waals surface area (Å²) >= 11 is 0. The molecule has 5 nitrogen and oxygen atoms in total. The van der Waals surface area contributed by atoms with E-state index in [0.717, 1.165) is 25.0 Å². The number of carbonyl (C=O) groups is 2. The molecule has 1 aliphatic rings. The highest BCUT2D eigenvalue weighted by Crippen LogP contribution is 2.44. The van der Waals surface area contributed by atoms with Crippen LogP contribution >= 0.6 is 0 Å². The van der Waals surface area contributed by atoms with Crippen LogP contribution in [0, 0.1) is 5.92 Å². The summed E-state index contributed by atoms with van der Waals surface area (Å²) in [5.41, 5.74) is -0.458. The van der Waals surface area contributed by atoms with Gasteiger partial charge in [-0.15, -0.1) is 0 Å². The van der Waals surface area contributed by atoms with Crippen molar-refractivity contribution in [3.8, 4) is 0 Å². The number of aromatic nitrogens is 1. The number of amides is 2. The van der Waals surface area contributed by atoms with Gasteiger partial charge in [0.1, 0.15) is 0 Å². The maximum atomic E-state index is 13.3. The van der Waals surface area contributed by atoms with Crippen molar-refractivity contribution in [2.75, 3.05) is 12.4 Å². The molecule has 1 N–H and O–H groups in total. The van der Waals surface area contributed by atoms with Crippen molar-refractivity contribution in [3.63, 3.8) is 0 Å². The van der Waals surface area contributed by atoms with Gasteiger partial charge in [-0.2, -0.15) is 13.2 Å². The molecule has 2 aromatic rings. The maximum absolute atomic E-state index is 13.3. The molecule has 2 amide bonds. The number of benzene rings is 1. The Morgan fingerprint density at radius 3 is 2.52 bits per heavy atom. The molecule has 0 spiro atoms. The van der Waals surface area contributed by atoms with Crippen LogP contribution in [0.4, 0.5) is 18.9 Å². The summed E-state index contributed by atoms with van der Waals surface area (Å²) in [7, 11) is 1.57. The summed E-state index contributed by atoms with van der Waals surface area (Å²) < 4.78 is 40.0. The minimum absolute atomic E-state index is 0.0516. The molecule has 3 rings (SSSR count). The number of anilines is 1.